The fraction of sp³-hybridized carbons (Fsp3) is 1.00. The van der Waals surface area contributed by atoms with Crippen molar-refractivity contribution < 1.29 is 4.39 Å². The molecular formula is C6H11ClFN. The summed E-state index contributed by atoms with van der Waals surface area (Å²) in [5, 5.41) is 3.18. The van der Waals surface area contributed by atoms with E-state index in [1.54, 1.807) is 0 Å². The first kappa shape index (κ1) is 7.29. The fourth-order valence-corrected chi connectivity index (χ4v) is 1.85. The van der Waals surface area contributed by atoms with Crippen molar-refractivity contribution in [3.8, 4) is 0 Å². The van der Waals surface area contributed by atoms with E-state index in [1.165, 1.54) is 0 Å². The summed E-state index contributed by atoms with van der Waals surface area (Å²) in [7, 11) is 0. The lowest BCUT2D eigenvalue weighted by Gasteiger charge is -2.34. The maximum Gasteiger partial charge on any atom is 0.108 e. The Morgan fingerprint density at radius 1 is 1.56 bits per heavy atom. The molecule has 0 aromatic heterocycles. The van der Waals surface area contributed by atoms with Crippen molar-refractivity contribution in [3.05, 3.63) is 0 Å². The first-order chi connectivity index (χ1) is 3.85. The van der Waals surface area contributed by atoms with Crippen LogP contribution in [0, 0.1) is 5.92 Å². The molecule has 0 atom stereocenters. The highest BCUT2D eigenvalue weighted by Crippen LogP contribution is 2.43. The third-order valence-electron chi connectivity index (χ3n) is 2.38. The van der Waals surface area contributed by atoms with Gasteiger partial charge in [-0.05, 0) is 25.3 Å². The molecule has 0 aromatic carbocycles. The van der Waals surface area contributed by atoms with E-state index in [0.29, 0.717) is 0 Å². The topological polar surface area (TPSA) is 12.0 Å². The number of fused-ring (bicyclic) bond motifs is 1. The summed E-state index contributed by atoms with van der Waals surface area (Å²) in [4.78, 5) is 0. The minimum Gasteiger partial charge on any atom is -0.309 e. The molecule has 3 aliphatic rings. The van der Waals surface area contributed by atoms with Crippen molar-refractivity contribution in [2.45, 2.75) is 18.4 Å². The maximum absolute atomic E-state index is 12.1. The van der Waals surface area contributed by atoms with Gasteiger partial charge in [-0.3, -0.25) is 0 Å². The molecule has 1 saturated carbocycles. The van der Waals surface area contributed by atoms with Crippen LogP contribution in [0.1, 0.15) is 12.8 Å². The monoisotopic (exact) mass is 151 g/mol. The van der Waals surface area contributed by atoms with Gasteiger partial charge in [-0.25, -0.2) is 4.39 Å². The average Bonchev–Trinajstić information content (AvgIpc) is 2.17. The SMILES string of the molecule is Cl.FCC12CC(CN1)C2. The summed E-state index contributed by atoms with van der Waals surface area (Å²) in [6.45, 7) is 0.896. The highest BCUT2D eigenvalue weighted by Gasteiger charge is 2.49. The second-order valence-electron chi connectivity index (χ2n) is 3.07. The van der Waals surface area contributed by atoms with E-state index in [0.717, 1.165) is 25.3 Å². The minimum absolute atomic E-state index is 0. The van der Waals surface area contributed by atoms with E-state index in [2.05, 4.69) is 5.32 Å². The molecule has 9 heavy (non-hydrogen) atoms. The van der Waals surface area contributed by atoms with Crippen molar-refractivity contribution in [1.82, 2.24) is 5.32 Å². The fourth-order valence-electron chi connectivity index (χ4n) is 1.85. The molecule has 2 heterocycles. The quantitative estimate of drug-likeness (QED) is 0.593. The first-order valence-corrected chi connectivity index (χ1v) is 3.16. The standard InChI is InChI=1S/C6H10FN.ClH/c7-4-6-1-5(2-6)3-8-6;/h5,8H,1-4H2;1H. The van der Waals surface area contributed by atoms with Crippen molar-refractivity contribution in [2.24, 2.45) is 5.92 Å². The van der Waals surface area contributed by atoms with Crippen LogP contribution < -0.4 is 5.32 Å². The molecule has 3 heteroatoms. The largest absolute Gasteiger partial charge is 0.309 e. The Hall–Kier alpha value is 0.180. The molecule has 0 amide bonds. The number of hydrogen-bond acceptors (Lipinski definition) is 1. The average molecular weight is 152 g/mol. The molecule has 2 aliphatic heterocycles. The maximum atomic E-state index is 12.1. The molecule has 0 aromatic rings. The van der Waals surface area contributed by atoms with Gasteiger partial charge >= 0.3 is 0 Å². The molecule has 1 N–H and O–H groups in total. The van der Waals surface area contributed by atoms with Gasteiger partial charge in [-0.15, -0.1) is 12.4 Å². The van der Waals surface area contributed by atoms with Gasteiger partial charge in [0.1, 0.15) is 6.67 Å². The van der Waals surface area contributed by atoms with Crippen LogP contribution >= 0.6 is 12.4 Å². The molecule has 0 radical (unpaired) electrons. The highest BCUT2D eigenvalue weighted by molar-refractivity contribution is 5.85. The molecule has 3 fully saturated rings. The van der Waals surface area contributed by atoms with E-state index >= 15 is 0 Å². The van der Waals surface area contributed by atoms with Gasteiger partial charge in [0.05, 0.1) is 0 Å². The summed E-state index contributed by atoms with van der Waals surface area (Å²) in [6, 6.07) is 0. The van der Waals surface area contributed by atoms with E-state index in [9.17, 15) is 4.39 Å². The van der Waals surface area contributed by atoms with Crippen LogP contribution in [0.3, 0.4) is 0 Å². The summed E-state index contributed by atoms with van der Waals surface area (Å²) in [5.74, 6) is 0.811. The molecule has 2 saturated heterocycles. The Morgan fingerprint density at radius 2 is 2.22 bits per heavy atom. The highest BCUT2D eigenvalue weighted by atomic mass is 35.5. The van der Waals surface area contributed by atoms with Crippen LogP contribution in [0.2, 0.25) is 0 Å². The zero-order chi connectivity index (χ0) is 5.61. The van der Waals surface area contributed by atoms with Crippen LogP contribution in [0.15, 0.2) is 0 Å². The van der Waals surface area contributed by atoms with Gasteiger partial charge in [0.25, 0.3) is 0 Å². The lowest BCUT2D eigenvalue weighted by molar-refractivity contribution is 0.175. The van der Waals surface area contributed by atoms with Crippen molar-refractivity contribution >= 4 is 12.4 Å². The minimum atomic E-state index is -0.163. The van der Waals surface area contributed by atoms with Crippen LogP contribution in [0.4, 0.5) is 4.39 Å². The van der Waals surface area contributed by atoms with Gasteiger partial charge < -0.3 is 5.32 Å². The molecule has 1 aliphatic carbocycles. The predicted molar refractivity (Wildman–Crippen MR) is 36.7 cm³/mol. The van der Waals surface area contributed by atoms with Crippen molar-refractivity contribution in [3.63, 3.8) is 0 Å². The molecule has 2 bridgehead atoms. The Balaban J connectivity index is 0.000000405. The van der Waals surface area contributed by atoms with Crippen LogP contribution in [0.5, 0.6) is 0 Å². The molecule has 1 nitrogen and oxygen atoms in total. The van der Waals surface area contributed by atoms with Gasteiger partial charge in [0, 0.05) is 5.54 Å². The Kier molecular flexibility index (Phi) is 1.70. The van der Waals surface area contributed by atoms with Gasteiger partial charge in [0.15, 0.2) is 0 Å². The van der Waals surface area contributed by atoms with Gasteiger partial charge in [-0.2, -0.15) is 0 Å². The zero-order valence-electron chi connectivity index (χ0n) is 5.19. The number of rotatable bonds is 1. The summed E-state index contributed by atoms with van der Waals surface area (Å²) in [5.41, 5.74) is -0.0370. The molecule has 3 rings (SSSR count). The van der Waals surface area contributed by atoms with E-state index in [1.807, 2.05) is 0 Å². The second kappa shape index (κ2) is 2.10. The number of alkyl halides is 1. The second-order valence-corrected chi connectivity index (χ2v) is 3.07. The molecule has 0 unspecified atom stereocenters. The lowest BCUT2D eigenvalue weighted by Crippen LogP contribution is -2.45. The lowest BCUT2D eigenvalue weighted by atomic mass is 9.75. The van der Waals surface area contributed by atoms with Crippen LogP contribution in [-0.4, -0.2) is 18.8 Å². The predicted octanol–water partition coefficient (Wildman–Crippen LogP) is 1.13. The number of hydrogen-bond donors (Lipinski definition) is 1. The molecule has 54 valence electrons. The smallest absolute Gasteiger partial charge is 0.108 e. The van der Waals surface area contributed by atoms with Crippen LogP contribution in [-0.2, 0) is 0 Å². The summed E-state index contributed by atoms with van der Waals surface area (Å²) >= 11 is 0. The van der Waals surface area contributed by atoms with E-state index < -0.39 is 0 Å². The van der Waals surface area contributed by atoms with Gasteiger partial charge in [-0.1, -0.05) is 0 Å². The third-order valence-corrected chi connectivity index (χ3v) is 2.38. The Morgan fingerprint density at radius 3 is 2.44 bits per heavy atom. The number of halogens is 2. The van der Waals surface area contributed by atoms with Gasteiger partial charge in [0.2, 0.25) is 0 Å². The first-order valence-electron chi connectivity index (χ1n) is 3.16. The van der Waals surface area contributed by atoms with E-state index in [4.69, 9.17) is 0 Å². The van der Waals surface area contributed by atoms with E-state index in [-0.39, 0.29) is 24.6 Å². The Bertz CT molecular complexity index is 106. The third kappa shape index (κ3) is 0.849. The molecule has 0 spiro atoms. The normalized spacial score (nSPS) is 45.7. The molecular weight excluding hydrogens is 141 g/mol. The Labute approximate surface area is 60.4 Å². The van der Waals surface area contributed by atoms with Crippen molar-refractivity contribution in [1.29, 1.82) is 0 Å². The summed E-state index contributed by atoms with van der Waals surface area (Å²) < 4.78 is 12.1. The number of nitrogens with one attached hydrogen (secondary N) is 1. The van der Waals surface area contributed by atoms with Crippen molar-refractivity contribution in [2.75, 3.05) is 13.2 Å². The van der Waals surface area contributed by atoms with Crippen LogP contribution in [0.25, 0.3) is 0 Å². The summed E-state index contributed by atoms with van der Waals surface area (Å²) in [6.07, 6.45) is 2.17. The zero-order valence-corrected chi connectivity index (χ0v) is 6.01.